The second-order valence-corrected chi connectivity index (χ2v) is 7.09. The van der Waals surface area contributed by atoms with Gasteiger partial charge in [-0.25, -0.2) is 0 Å². The van der Waals surface area contributed by atoms with Gasteiger partial charge in [0.05, 0.1) is 11.1 Å². The van der Waals surface area contributed by atoms with Crippen molar-refractivity contribution in [3.63, 3.8) is 0 Å². The second-order valence-electron chi connectivity index (χ2n) is 5.32. The second kappa shape index (κ2) is 5.58. The van der Waals surface area contributed by atoms with E-state index < -0.39 is 10.0 Å². The van der Waals surface area contributed by atoms with Crippen molar-refractivity contribution in [3.8, 4) is 11.3 Å². The van der Waals surface area contributed by atoms with E-state index in [1.807, 2.05) is 54.6 Å². The Morgan fingerprint density at radius 2 is 1.50 bits per heavy atom. The van der Waals surface area contributed by atoms with Crippen molar-refractivity contribution in [1.29, 1.82) is 0 Å². The Kier molecular flexibility index (Phi) is 3.39. The molecular formula is C18H13N3O2S. The summed E-state index contributed by atoms with van der Waals surface area (Å²) in [7, 11) is -3.81. The fourth-order valence-electron chi connectivity index (χ4n) is 2.63. The van der Waals surface area contributed by atoms with Crippen molar-refractivity contribution < 1.29 is 8.42 Å². The molecule has 0 unspecified atom stereocenters. The number of nitrogens with zero attached hydrogens (tertiary/aromatic N) is 3. The third-order valence-electron chi connectivity index (χ3n) is 3.82. The SMILES string of the molecule is O=S(=O)(c1cccc2ccccc12)n1cc(-c2ccccc2)nn1. The molecule has 0 atom stereocenters. The van der Waals surface area contributed by atoms with E-state index in [0.29, 0.717) is 11.1 Å². The van der Waals surface area contributed by atoms with Gasteiger partial charge in [0.1, 0.15) is 5.69 Å². The summed E-state index contributed by atoms with van der Waals surface area (Å²) in [5, 5.41) is 9.34. The van der Waals surface area contributed by atoms with Gasteiger partial charge in [-0.15, -0.1) is 9.19 Å². The number of hydrogen-bond acceptors (Lipinski definition) is 4. The molecule has 4 aromatic rings. The quantitative estimate of drug-likeness (QED) is 0.576. The van der Waals surface area contributed by atoms with Gasteiger partial charge in [0.15, 0.2) is 0 Å². The van der Waals surface area contributed by atoms with Crippen LogP contribution in [0.25, 0.3) is 22.0 Å². The molecule has 0 aliphatic rings. The maximum atomic E-state index is 13.0. The number of rotatable bonds is 3. The van der Waals surface area contributed by atoms with E-state index in [-0.39, 0.29) is 4.90 Å². The number of benzene rings is 3. The van der Waals surface area contributed by atoms with Gasteiger partial charge in [-0.3, -0.25) is 0 Å². The molecule has 0 amide bonds. The van der Waals surface area contributed by atoms with Gasteiger partial charge < -0.3 is 0 Å². The van der Waals surface area contributed by atoms with Gasteiger partial charge in [0.25, 0.3) is 10.0 Å². The zero-order valence-electron chi connectivity index (χ0n) is 12.6. The molecule has 0 spiro atoms. The van der Waals surface area contributed by atoms with E-state index in [1.165, 1.54) is 6.20 Å². The summed E-state index contributed by atoms with van der Waals surface area (Å²) in [4.78, 5) is 0.213. The number of fused-ring (bicyclic) bond motifs is 1. The smallest absolute Gasteiger partial charge is 0.199 e. The van der Waals surface area contributed by atoms with Crippen LogP contribution in [0.4, 0.5) is 0 Å². The van der Waals surface area contributed by atoms with Gasteiger partial charge in [-0.1, -0.05) is 71.9 Å². The molecule has 0 saturated carbocycles. The van der Waals surface area contributed by atoms with Crippen LogP contribution < -0.4 is 0 Å². The van der Waals surface area contributed by atoms with Crippen LogP contribution in [0.15, 0.2) is 83.9 Å². The van der Waals surface area contributed by atoms with Crippen molar-refractivity contribution >= 4 is 20.8 Å². The van der Waals surface area contributed by atoms with E-state index >= 15 is 0 Å². The molecule has 0 bridgehead atoms. The van der Waals surface area contributed by atoms with Crippen LogP contribution >= 0.6 is 0 Å². The van der Waals surface area contributed by atoms with Gasteiger partial charge in [0, 0.05) is 10.9 Å². The Bertz CT molecular complexity index is 1110. The van der Waals surface area contributed by atoms with E-state index in [4.69, 9.17) is 0 Å². The highest BCUT2D eigenvalue weighted by Crippen LogP contribution is 2.25. The third kappa shape index (κ3) is 2.37. The van der Waals surface area contributed by atoms with E-state index in [0.717, 1.165) is 15.0 Å². The van der Waals surface area contributed by atoms with Crippen molar-refractivity contribution in [2.75, 3.05) is 0 Å². The van der Waals surface area contributed by atoms with Crippen LogP contribution in [0, 0.1) is 0 Å². The summed E-state index contributed by atoms with van der Waals surface area (Å²) in [6.07, 6.45) is 1.44. The molecule has 0 radical (unpaired) electrons. The average Bonchev–Trinajstić information content (AvgIpc) is 3.13. The molecule has 3 aromatic carbocycles. The Labute approximate surface area is 139 Å². The van der Waals surface area contributed by atoms with Crippen molar-refractivity contribution in [2.45, 2.75) is 4.90 Å². The maximum Gasteiger partial charge on any atom is 0.284 e. The zero-order chi connectivity index (χ0) is 16.6. The van der Waals surface area contributed by atoms with Crippen LogP contribution in [-0.2, 0) is 10.0 Å². The monoisotopic (exact) mass is 335 g/mol. The normalized spacial score (nSPS) is 11.7. The first-order valence-electron chi connectivity index (χ1n) is 7.37. The topological polar surface area (TPSA) is 64.8 Å². The molecule has 0 aliphatic carbocycles. The summed E-state index contributed by atoms with van der Waals surface area (Å²) in [6, 6.07) is 21.9. The largest absolute Gasteiger partial charge is 0.284 e. The minimum absolute atomic E-state index is 0.213. The molecule has 6 heteroatoms. The molecule has 1 aromatic heterocycles. The summed E-state index contributed by atoms with van der Waals surface area (Å²) in [5.74, 6) is 0. The first-order valence-corrected chi connectivity index (χ1v) is 8.81. The maximum absolute atomic E-state index is 13.0. The third-order valence-corrected chi connectivity index (χ3v) is 5.40. The van der Waals surface area contributed by atoms with Crippen molar-refractivity contribution in [3.05, 3.63) is 79.0 Å². The van der Waals surface area contributed by atoms with E-state index in [2.05, 4.69) is 10.3 Å². The molecule has 4 rings (SSSR count). The zero-order valence-corrected chi connectivity index (χ0v) is 13.4. The number of aromatic nitrogens is 3. The van der Waals surface area contributed by atoms with Gasteiger partial charge in [0.2, 0.25) is 0 Å². The molecule has 5 nitrogen and oxygen atoms in total. The predicted octanol–water partition coefficient (Wildman–Crippen LogP) is 3.34. The lowest BCUT2D eigenvalue weighted by atomic mass is 10.1. The van der Waals surface area contributed by atoms with Gasteiger partial charge >= 0.3 is 0 Å². The van der Waals surface area contributed by atoms with Crippen LogP contribution in [0.2, 0.25) is 0 Å². The molecule has 0 saturated heterocycles. The number of hydrogen-bond donors (Lipinski definition) is 0. The van der Waals surface area contributed by atoms with Crippen molar-refractivity contribution in [2.24, 2.45) is 0 Å². The van der Waals surface area contributed by atoms with Gasteiger partial charge in [-0.05, 0) is 11.5 Å². The molecule has 1 heterocycles. The molecule has 0 aliphatic heterocycles. The average molecular weight is 335 g/mol. The predicted molar refractivity (Wildman–Crippen MR) is 92.0 cm³/mol. The molecule has 0 N–H and O–H groups in total. The molecule has 118 valence electrons. The lowest BCUT2D eigenvalue weighted by Gasteiger charge is -2.07. The van der Waals surface area contributed by atoms with Crippen LogP contribution in [-0.4, -0.2) is 22.8 Å². The first kappa shape index (κ1) is 14.6. The van der Waals surface area contributed by atoms with Crippen LogP contribution in [0.1, 0.15) is 0 Å². The lowest BCUT2D eigenvalue weighted by molar-refractivity contribution is 0.578. The highest BCUT2D eigenvalue weighted by atomic mass is 32.2. The van der Waals surface area contributed by atoms with Crippen molar-refractivity contribution in [1.82, 2.24) is 14.4 Å². The lowest BCUT2D eigenvalue weighted by Crippen LogP contribution is -2.14. The first-order chi connectivity index (χ1) is 11.7. The van der Waals surface area contributed by atoms with Gasteiger partial charge in [-0.2, -0.15) is 8.42 Å². The Morgan fingerprint density at radius 1 is 0.792 bits per heavy atom. The minimum atomic E-state index is -3.81. The Hall–Kier alpha value is -2.99. The molecule has 0 fully saturated rings. The fraction of sp³-hybridized carbons (Fsp3) is 0. The molecule has 24 heavy (non-hydrogen) atoms. The van der Waals surface area contributed by atoms with Crippen LogP contribution in [0.3, 0.4) is 0 Å². The van der Waals surface area contributed by atoms with E-state index in [1.54, 1.807) is 18.2 Å². The highest BCUT2D eigenvalue weighted by Gasteiger charge is 2.21. The van der Waals surface area contributed by atoms with Crippen LogP contribution in [0.5, 0.6) is 0 Å². The Morgan fingerprint density at radius 3 is 2.33 bits per heavy atom. The molecular weight excluding hydrogens is 322 g/mol. The fourth-order valence-corrected chi connectivity index (χ4v) is 3.92. The summed E-state index contributed by atoms with van der Waals surface area (Å²) < 4.78 is 26.8. The highest BCUT2D eigenvalue weighted by molar-refractivity contribution is 7.90. The summed E-state index contributed by atoms with van der Waals surface area (Å²) in [5.41, 5.74) is 1.33. The van der Waals surface area contributed by atoms with E-state index in [9.17, 15) is 8.42 Å². The standard InChI is InChI=1S/C18H13N3O2S/c22-24(23,18-12-6-10-14-7-4-5-11-16(14)18)21-13-17(19-20-21)15-8-2-1-3-9-15/h1-13H. The minimum Gasteiger partial charge on any atom is -0.199 e. The summed E-state index contributed by atoms with van der Waals surface area (Å²) >= 11 is 0. The summed E-state index contributed by atoms with van der Waals surface area (Å²) in [6.45, 7) is 0. The Balaban J connectivity index is 1.85.